The van der Waals surface area contributed by atoms with Gasteiger partial charge in [0.15, 0.2) is 6.54 Å². The molecule has 1 aromatic carbocycles. The number of hydrogen-bond acceptors (Lipinski definition) is 1. The van der Waals surface area contributed by atoms with Gasteiger partial charge in [-0.15, -0.1) is 0 Å². The smallest absolute Gasteiger partial charge is 0.275 e. The van der Waals surface area contributed by atoms with E-state index < -0.39 is 0 Å². The lowest BCUT2D eigenvalue weighted by Crippen LogP contribution is -3.13. The molecule has 0 aromatic heterocycles. The van der Waals surface area contributed by atoms with E-state index in [4.69, 9.17) is 0 Å². The molecule has 1 aromatic rings. The number of hydrogen-bond donors (Lipinski definition) is 2. The van der Waals surface area contributed by atoms with E-state index in [9.17, 15) is 4.79 Å². The van der Waals surface area contributed by atoms with Crippen molar-refractivity contribution in [2.75, 3.05) is 19.6 Å². The summed E-state index contributed by atoms with van der Waals surface area (Å²) in [5.41, 5.74) is 2.75. The molecule has 120 valence electrons. The zero-order valence-electron chi connectivity index (χ0n) is 13.6. The molecule has 1 saturated heterocycles. The second kappa shape index (κ2) is 7.77. The third kappa shape index (κ3) is 4.10. The van der Waals surface area contributed by atoms with Gasteiger partial charge in [-0.3, -0.25) is 4.79 Å². The molecule has 1 aliphatic heterocycles. The molecule has 0 bridgehead atoms. The van der Waals surface area contributed by atoms with Crippen LogP contribution in [0.25, 0.3) is 0 Å². The molecule has 1 amide bonds. The van der Waals surface area contributed by atoms with Gasteiger partial charge in [-0.05, 0) is 56.1 Å². The predicted molar refractivity (Wildman–Crippen MR) is 88.9 cm³/mol. The third-order valence-corrected chi connectivity index (χ3v) is 5.18. The van der Waals surface area contributed by atoms with Crippen molar-refractivity contribution < 1.29 is 9.69 Å². The number of rotatable bonds is 3. The first kappa shape index (κ1) is 15.5. The van der Waals surface area contributed by atoms with Crippen LogP contribution in [0.4, 0.5) is 0 Å². The summed E-state index contributed by atoms with van der Waals surface area (Å²) < 4.78 is 0. The molecule has 0 unspecified atom stereocenters. The maximum Gasteiger partial charge on any atom is 0.275 e. The molecule has 3 nitrogen and oxygen atoms in total. The number of benzene rings is 1. The Labute approximate surface area is 134 Å². The molecule has 3 heteroatoms. The highest BCUT2D eigenvalue weighted by atomic mass is 16.2. The average Bonchev–Trinajstić information content (AvgIpc) is 2.50. The standard InChI is InChI=1S/C19H28N2O/c22-19(15-21-13-6-2-1-3-7-14-21)20-18-12-8-10-16-9-4-5-11-17(16)18/h4-5,9,11,18H,1-3,6-8,10,12-15H2,(H,20,22)/p+1/t18-/m0/s1. The van der Waals surface area contributed by atoms with Gasteiger partial charge in [-0.2, -0.15) is 0 Å². The molecule has 0 saturated carbocycles. The van der Waals surface area contributed by atoms with Gasteiger partial charge in [0.25, 0.3) is 5.91 Å². The number of nitrogens with one attached hydrogen (secondary N) is 2. The summed E-state index contributed by atoms with van der Waals surface area (Å²) >= 11 is 0. The molecule has 1 atom stereocenters. The van der Waals surface area contributed by atoms with Gasteiger partial charge >= 0.3 is 0 Å². The van der Waals surface area contributed by atoms with Gasteiger partial charge in [0.2, 0.25) is 0 Å². The number of aryl methyl sites for hydroxylation is 1. The minimum absolute atomic E-state index is 0.228. The highest BCUT2D eigenvalue weighted by Crippen LogP contribution is 2.29. The Kier molecular flexibility index (Phi) is 5.49. The lowest BCUT2D eigenvalue weighted by Gasteiger charge is -2.27. The largest absolute Gasteiger partial charge is 0.344 e. The SMILES string of the molecule is O=C(C[NH+]1CCCCCCC1)N[C@H]1CCCc2ccccc21. The van der Waals surface area contributed by atoms with Gasteiger partial charge in [0.05, 0.1) is 19.1 Å². The van der Waals surface area contributed by atoms with E-state index in [1.165, 1.54) is 54.6 Å². The van der Waals surface area contributed by atoms with Crippen molar-refractivity contribution in [2.45, 2.75) is 57.4 Å². The van der Waals surface area contributed by atoms with Crippen molar-refractivity contribution in [2.24, 2.45) is 0 Å². The number of carbonyl (C=O) groups is 1. The van der Waals surface area contributed by atoms with Crippen LogP contribution < -0.4 is 10.2 Å². The summed E-state index contributed by atoms with van der Waals surface area (Å²) in [6.45, 7) is 2.97. The quantitative estimate of drug-likeness (QED) is 0.880. The maximum atomic E-state index is 12.5. The minimum Gasteiger partial charge on any atom is -0.344 e. The Morgan fingerprint density at radius 1 is 1.05 bits per heavy atom. The zero-order valence-corrected chi connectivity index (χ0v) is 13.6. The highest BCUT2D eigenvalue weighted by molar-refractivity contribution is 5.77. The van der Waals surface area contributed by atoms with Crippen LogP contribution in [0.5, 0.6) is 0 Å². The van der Waals surface area contributed by atoms with Crippen molar-refractivity contribution in [1.82, 2.24) is 5.32 Å². The van der Waals surface area contributed by atoms with Crippen molar-refractivity contribution in [3.8, 4) is 0 Å². The van der Waals surface area contributed by atoms with E-state index in [2.05, 4.69) is 29.6 Å². The molecule has 2 aliphatic rings. The number of likely N-dealkylation sites (tertiary alicyclic amines) is 1. The highest BCUT2D eigenvalue weighted by Gasteiger charge is 2.23. The fourth-order valence-electron chi connectivity index (χ4n) is 3.96. The zero-order chi connectivity index (χ0) is 15.2. The number of carbonyl (C=O) groups excluding carboxylic acids is 1. The second-order valence-corrected chi connectivity index (χ2v) is 6.91. The Hall–Kier alpha value is -1.35. The third-order valence-electron chi connectivity index (χ3n) is 5.18. The van der Waals surface area contributed by atoms with Crippen molar-refractivity contribution >= 4 is 5.91 Å². The monoisotopic (exact) mass is 301 g/mol. The van der Waals surface area contributed by atoms with Crippen LogP contribution in [0.3, 0.4) is 0 Å². The number of quaternary nitrogens is 1. The molecular formula is C19H29N2O+. The van der Waals surface area contributed by atoms with Crippen LogP contribution in [-0.4, -0.2) is 25.5 Å². The first-order valence-electron chi connectivity index (χ1n) is 9.03. The van der Waals surface area contributed by atoms with Crippen LogP contribution in [0, 0.1) is 0 Å². The molecule has 22 heavy (non-hydrogen) atoms. The predicted octanol–water partition coefficient (Wildman–Crippen LogP) is 2.03. The topological polar surface area (TPSA) is 33.5 Å². The van der Waals surface area contributed by atoms with Gasteiger partial charge in [-0.25, -0.2) is 0 Å². The van der Waals surface area contributed by atoms with Crippen molar-refractivity contribution in [1.29, 1.82) is 0 Å². The first-order chi connectivity index (χ1) is 10.8. The lowest BCUT2D eigenvalue weighted by molar-refractivity contribution is -0.893. The maximum absolute atomic E-state index is 12.5. The average molecular weight is 301 g/mol. The number of fused-ring (bicyclic) bond motifs is 1. The lowest BCUT2D eigenvalue weighted by atomic mass is 9.88. The van der Waals surface area contributed by atoms with E-state index >= 15 is 0 Å². The van der Waals surface area contributed by atoms with E-state index in [0.717, 1.165) is 25.9 Å². The van der Waals surface area contributed by atoms with E-state index in [1.54, 1.807) is 0 Å². The molecule has 1 heterocycles. The second-order valence-electron chi connectivity index (χ2n) is 6.91. The van der Waals surface area contributed by atoms with Gasteiger partial charge < -0.3 is 10.2 Å². The normalized spacial score (nSPS) is 23.2. The summed E-state index contributed by atoms with van der Waals surface area (Å²) in [7, 11) is 0. The molecule has 1 fully saturated rings. The van der Waals surface area contributed by atoms with Crippen molar-refractivity contribution in [3.05, 3.63) is 35.4 Å². The van der Waals surface area contributed by atoms with E-state index in [0.29, 0.717) is 6.54 Å². The van der Waals surface area contributed by atoms with E-state index in [1.807, 2.05) is 0 Å². The summed E-state index contributed by atoms with van der Waals surface area (Å²) in [5.74, 6) is 0.234. The number of amides is 1. The Balaban J connectivity index is 1.55. The Bertz CT molecular complexity index is 492. The van der Waals surface area contributed by atoms with Crippen LogP contribution in [-0.2, 0) is 11.2 Å². The van der Waals surface area contributed by atoms with Crippen LogP contribution in [0.1, 0.15) is 62.1 Å². The Morgan fingerprint density at radius 2 is 1.77 bits per heavy atom. The summed E-state index contributed by atoms with van der Waals surface area (Å²) in [5, 5.41) is 3.30. The van der Waals surface area contributed by atoms with Crippen LogP contribution >= 0.6 is 0 Å². The molecule has 1 aliphatic carbocycles. The Morgan fingerprint density at radius 3 is 2.59 bits per heavy atom. The van der Waals surface area contributed by atoms with Gasteiger partial charge in [0.1, 0.15) is 0 Å². The van der Waals surface area contributed by atoms with Gasteiger partial charge in [-0.1, -0.05) is 30.7 Å². The fraction of sp³-hybridized carbons (Fsp3) is 0.632. The van der Waals surface area contributed by atoms with Gasteiger partial charge in [0, 0.05) is 0 Å². The van der Waals surface area contributed by atoms with E-state index in [-0.39, 0.29) is 11.9 Å². The molecule has 2 N–H and O–H groups in total. The fourth-order valence-corrected chi connectivity index (χ4v) is 3.96. The first-order valence-corrected chi connectivity index (χ1v) is 9.03. The molecule has 3 rings (SSSR count). The minimum atomic E-state index is 0.228. The molecular weight excluding hydrogens is 272 g/mol. The van der Waals surface area contributed by atoms with Crippen LogP contribution in [0.2, 0.25) is 0 Å². The summed E-state index contributed by atoms with van der Waals surface area (Å²) in [6.07, 6.45) is 10.0. The summed E-state index contributed by atoms with van der Waals surface area (Å²) in [6, 6.07) is 8.81. The summed E-state index contributed by atoms with van der Waals surface area (Å²) in [4.78, 5) is 13.9. The molecule has 0 spiro atoms. The van der Waals surface area contributed by atoms with Crippen molar-refractivity contribution in [3.63, 3.8) is 0 Å². The van der Waals surface area contributed by atoms with Crippen LogP contribution in [0.15, 0.2) is 24.3 Å². The molecule has 0 radical (unpaired) electrons.